The van der Waals surface area contributed by atoms with Crippen LogP contribution in [0.25, 0.3) is 0 Å². The molecule has 7 heteroatoms. The van der Waals surface area contributed by atoms with Crippen molar-refractivity contribution in [1.29, 1.82) is 0 Å². The Kier molecular flexibility index (Phi) is 6.53. The lowest BCUT2D eigenvalue weighted by Gasteiger charge is -2.09. The van der Waals surface area contributed by atoms with Crippen LogP contribution in [-0.4, -0.2) is 35.6 Å². The average Bonchev–Trinajstić information content (AvgIpc) is 2.54. The van der Waals surface area contributed by atoms with Gasteiger partial charge in [0.05, 0.1) is 0 Å². The van der Waals surface area contributed by atoms with E-state index in [9.17, 15) is 0 Å². The Bertz CT molecular complexity index is 578. The van der Waals surface area contributed by atoms with Crippen molar-refractivity contribution in [2.75, 3.05) is 25.6 Å². The number of benzene rings is 1. The number of ether oxygens (including phenoxy) is 2. The van der Waals surface area contributed by atoms with Crippen LogP contribution in [0, 0.1) is 0 Å². The van der Waals surface area contributed by atoms with E-state index in [2.05, 4.69) is 20.8 Å². The van der Waals surface area contributed by atoms with E-state index in [1.165, 1.54) is 0 Å². The number of methoxy groups -OCH3 is 1. The Morgan fingerprint density at radius 2 is 1.95 bits per heavy atom. The number of aromatic nitrogens is 2. The van der Waals surface area contributed by atoms with Gasteiger partial charge in [-0.15, -0.1) is 10.2 Å². The van der Waals surface area contributed by atoms with Crippen LogP contribution in [0.4, 0.5) is 5.82 Å². The van der Waals surface area contributed by atoms with Gasteiger partial charge in [0, 0.05) is 26.3 Å². The third-order valence-corrected chi connectivity index (χ3v) is 2.90. The van der Waals surface area contributed by atoms with E-state index in [0.717, 1.165) is 13.0 Å². The topological polar surface area (TPSA) is 68.3 Å². The fourth-order valence-electron chi connectivity index (χ4n) is 1.63. The van der Waals surface area contributed by atoms with Crippen molar-refractivity contribution in [3.05, 3.63) is 42.5 Å². The van der Waals surface area contributed by atoms with Crippen molar-refractivity contribution in [3.8, 4) is 11.6 Å². The van der Waals surface area contributed by atoms with Crippen molar-refractivity contribution < 1.29 is 9.47 Å². The van der Waals surface area contributed by atoms with Crippen LogP contribution in [0.2, 0.25) is 0 Å². The second-order valence-electron chi connectivity index (χ2n) is 4.40. The molecule has 2 rings (SSSR count). The molecule has 22 heavy (non-hydrogen) atoms. The molecule has 0 saturated heterocycles. The lowest BCUT2D eigenvalue weighted by atomic mass is 10.3. The molecule has 0 saturated carbocycles. The summed E-state index contributed by atoms with van der Waals surface area (Å²) in [4.78, 5) is 0. The number of hydrogen-bond acceptors (Lipinski definition) is 5. The molecule has 0 fully saturated rings. The second kappa shape index (κ2) is 8.91. The van der Waals surface area contributed by atoms with E-state index in [1.54, 1.807) is 19.2 Å². The van der Waals surface area contributed by atoms with E-state index in [4.69, 9.17) is 21.7 Å². The van der Waals surface area contributed by atoms with Gasteiger partial charge in [-0.1, -0.05) is 18.2 Å². The second-order valence-corrected chi connectivity index (χ2v) is 4.81. The molecule has 116 valence electrons. The van der Waals surface area contributed by atoms with Gasteiger partial charge in [0.25, 0.3) is 0 Å². The molecule has 0 amide bonds. The highest BCUT2D eigenvalue weighted by Gasteiger charge is 2.02. The maximum absolute atomic E-state index is 5.57. The zero-order chi connectivity index (χ0) is 15.6. The monoisotopic (exact) mass is 318 g/mol. The first-order chi connectivity index (χ1) is 10.8. The standard InChI is InChI=1S/C15H18N4O2S/c1-20-11-5-10-16-15(22)17-13-8-9-14(19-18-13)21-12-6-3-2-4-7-12/h2-4,6-9H,5,10-11H2,1H3,(H2,16,17,18,22). The quantitative estimate of drug-likeness (QED) is 0.601. The Labute approximate surface area is 134 Å². The van der Waals surface area contributed by atoms with E-state index in [0.29, 0.717) is 29.2 Å². The normalized spacial score (nSPS) is 10.0. The molecular formula is C15H18N4O2S. The summed E-state index contributed by atoms with van der Waals surface area (Å²) in [5, 5.41) is 14.5. The maximum atomic E-state index is 5.57. The first-order valence-corrected chi connectivity index (χ1v) is 7.29. The molecule has 1 aromatic carbocycles. The van der Waals surface area contributed by atoms with Crippen molar-refractivity contribution in [3.63, 3.8) is 0 Å². The summed E-state index contributed by atoms with van der Waals surface area (Å²) in [5.41, 5.74) is 0. The molecule has 0 atom stereocenters. The highest BCUT2D eigenvalue weighted by Crippen LogP contribution is 2.18. The van der Waals surface area contributed by atoms with Gasteiger partial charge in [0.15, 0.2) is 10.9 Å². The Morgan fingerprint density at radius 3 is 2.64 bits per heavy atom. The van der Waals surface area contributed by atoms with Crippen molar-refractivity contribution in [2.24, 2.45) is 0 Å². The summed E-state index contributed by atoms with van der Waals surface area (Å²) in [7, 11) is 1.67. The third-order valence-electron chi connectivity index (χ3n) is 2.66. The zero-order valence-corrected chi connectivity index (χ0v) is 13.1. The molecule has 0 aliphatic rings. The van der Waals surface area contributed by atoms with Crippen LogP contribution >= 0.6 is 12.2 Å². The Balaban J connectivity index is 1.80. The summed E-state index contributed by atoms with van der Waals surface area (Å²) in [5.74, 6) is 1.70. The summed E-state index contributed by atoms with van der Waals surface area (Å²) in [6, 6.07) is 12.9. The number of para-hydroxylation sites is 1. The number of thiocarbonyl (C=S) groups is 1. The number of nitrogens with zero attached hydrogens (tertiary/aromatic N) is 2. The number of anilines is 1. The first-order valence-electron chi connectivity index (χ1n) is 6.88. The lowest BCUT2D eigenvalue weighted by Crippen LogP contribution is -2.30. The number of rotatable bonds is 7. The fourth-order valence-corrected chi connectivity index (χ4v) is 1.84. The third kappa shape index (κ3) is 5.63. The van der Waals surface area contributed by atoms with Crippen molar-refractivity contribution >= 4 is 23.1 Å². The Morgan fingerprint density at radius 1 is 1.14 bits per heavy atom. The summed E-state index contributed by atoms with van der Waals surface area (Å²) in [6.07, 6.45) is 0.883. The molecule has 0 unspecified atom stereocenters. The zero-order valence-electron chi connectivity index (χ0n) is 12.3. The van der Waals surface area contributed by atoms with E-state index < -0.39 is 0 Å². The van der Waals surface area contributed by atoms with Crippen molar-refractivity contribution in [1.82, 2.24) is 15.5 Å². The molecular weight excluding hydrogens is 300 g/mol. The van der Waals surface area contributed by atoms with Crippen molar-refractivity contribution in [2.45, 2.75) is 6.42 Å². The molecule has 1 heterocycles. The average molecular weight is 318 g/mol. The molecule has 0 radical (unpaired) electrons. The molecule has 6 nitrogen and oxygen atoms in total. The molecule has 2 aromatic rings. The predicted octanol–water partition coefficient (Wildman–Crippen LogP) is 2.59. The van der Waals surface area contributed by atoms with Gasteiger partial charge in [0.2, 0.25) is 5.88 Å². The lowest BCUT2D eigenvalue weighted by molar-refractivity contribution is 0.196. The van der Waals surface area contributed by atoms with Crippen LogP contribution in [0.15, 0.2) is 42.5 Å². The fraction of sp³-hybridized carbons (Fsp3) is 0.267. The summed E-state index contributed by atoms with van der Waals surface area (Å²) < 4.78 is 10.5. The molecule has 1 aromatic heterocycles. The van der Waals surface area contributed by atoms with E-state index in [-0.39, 0.29) is 0 Å². The summed E-state index contributed by atoms with van der Waals surface area (Å²) >= 11 is 5.16. The van der Waals surface area contributed by atoms with Gasteiger partial charge in [-0.05, 0) is 36.8 Å². The minimum absolute atomic E-state index is 0.427. The maximum Gasteiger partial charge on any atom is 0.238 e. The van der Waals surface area contributed by atoms with Crippen LogP contribution in [0.5, 0.6) is 11.6 Å². The smallest absolute Gasteiger partial charge is 0.238 e. The highest BCUT2D eigenvalue weighted by atomic mass is 32.1. The minimum Gasteiger partial charge on any atom is -0.438 e. The van der Waals surface area contributed by atoms with Crippen LogP contribution in [0.1, 0.15) is 6.42 Å². The van der Waals surface area contributed by atoms with Gasteiger partial charge < -0.3 is 20.1 Å². The van der Waals surface area contributed by atoms with E-state index >= 15 is 0 Å². The Hall–Kier alpha value is -2.25. The predicted molar refractivity (Wildman–Crippen MR) is 89.3 cm³/mol. The molecule has 2 N–H and O–H groups in total. The van der Waals surface area contributed by atoms with Crippen LogP contribution in [-0.2, 0) is 4.74 Å². The molecule has 0 bridgehead atoms. The van der Waals surface area contributed by atoms with Crippen LogP contribution < -0.4 is 15.4 Å². The SMILES string of the molecule is COCCCNC(=S)Nc1ccc(Oc2ccccc2)nn1. The van der Waals surface area contributed by atoms with Gasteiger partial charge in [0.1, 0.15) is 5.75 Å². The number of nitrogens with one attached hydrogen (secondary N) is 2. The van der Waals surface area contributed by atoms with Gasteiger partial charge >= 0.3 is 0 Å². The van der Waals surface area contributed by atoms with Gasteiger partial charge in [-0.2, -0.15) is 0 Å². The first kappa shape index (κ1) is 16.1. The van der Waals surface area contributed by atoms with Gasteiger partial charge in [-0.3, -0.25) is 0 Å². The van der Waals surface area contributed by atoms with Crippen LogP contribution in [0.3, 0.4) is 0 Å². The largest absolute Gasteiger partial charge is 0.438 e. The molecule has 0 aliphatic heterocycles. The molecule has 0 aliphatic carbocycles. The summed E-state index contributed by atoms with van der Waals surface area (Å²) in [6.45, 7) is 1.43. The minimum atomic E-state index is 0.427. The van der Waals surface area contributed by atoms with E-state index in [1.807, 2.05) is 30.3 Å². The number of hydrogen-bond donors (Lipinski definition) is 2. The molecule has 0 spiro atoms. The highest BCUT2D eigenvalue weighted by molar-refractivity contribution is 7.80. The van der Waals surface area contributed by atoms with Gasteiger partial charge in [-0.25, -0.2) is 0 Å².